The summed E-state index contributed by atoms with van der Waals surface area (Å²) in [6.45, 7) is 4.71. The van der Waals surface area contributed by atoms with E-state index in [2.05, 4.69) is 189 Å². The van der Waals surface area contributed by atoms with Crippen LogP contribution in [-0.2, 0) is 10.8 Å². The van der Waals surface area contributed by atoms with Gasteiger partial charge in [-0.2, -0.15) is 0 Å². The van der Waals surface area contributed by atoms with Crippen molar-refractivity contribution in [1.29, 1.82) is 0 Å². The predicted octanol–water partition coefficient (Wildman–Crippen LogP) is 11.2. The molecule has 0 N–H and O–H groups in total. The number of carbonyl (C=O) groups excluding carboxylic acids is 1. The molecule has 1 spiro atoms. The molecule has 265 valence electrons. The molecule has 56 heavy (non-hydrogen) atoms. The Bertz CT molecular complexity index is 2980. The van der Waals surface area contributed by atoms with Gasteiger partial charge in [-0.3, -0.25) is 0 Å². The number of anilines is 3. The van der Waals surface area contributed by atoms with Crippen molar-refractivity contribution in [2.75, 3.05) is 4.90 Å². The molecule has 7 aromatic carbocycles. The molecular formula is C53H36NOTe. The molecule has 0 aromatic heterocycles. The van der Waals surface area contributed by atoms with Gasteiger partial charge < -0.3 is 0 Å². The average molecular weight is 830 g/mol. The number of fused-ring (bicyclic) bond motifs is 15. The molecule has 2 atom stereocenters. The Kier molecular flexibility index (Phi) is 6.71. The van der Waals surface area contributed by atoms with Crippen LogP contribution in [0.2, 0.25) is 0 Å². The average Bonchev–Trinajstić information content (AvgIpc) is 3.79. The zero-order chi connectivity index (χ0) is 37.3. The van der Waals surface area contributed by atoms with Crippen molar-refractivity contribution in [3.8, 4) is 33.4 Å². The fourth-order valence-corrected chi connectivity index (χ4v) is 13.9. The van der Waals surface area contributed by atoms with Crippen molar-refractivity contribution in [2.24, 2.45) is 5.92 Å². The summed E-state index contributed by atoms with van der Waals surface area (Å²) in [5.74, 6) is 0.102. The van der Waals surface area contributed by atoms with Gasteiger partial charge in [0.25, 0.3) is 0 Å². The molecule has 7 aromatic rings. The molecule has 12 rings (SSSR count). The Morgan fingerprint density at radius 1 is 0.482 bits per heavy atom. The Balaban J connectivity index is 1.11. The molecule has 1 heterocycles. The van der Waals surface area contributed by atoms with E-state index >= 15 is 0 Å². The summed E-state index contributed by atoms with van der Waals surface area (Å²) in [5.41, 5.74) is 19.1. The molecule has 5 aliphatic rings. The number of carbonyl (C=O) groups is 1. The molecule has 0 saturated carbocycles. The standard InChI is InChI=1S/C53H36NOTe/c1-52(2)43-20-10-6-16-35(43)38-26-24-33(28-46(38)52)54(32-14-4-3-5-15-32)34-25-27-39-36-17-7-11-21-44(36)53(47(39)29-34)45-22-12-8-18-37(45)41-31-50-42(30-48(41)53)51(55)40-19-9-13-23-49(40)56-50/h3-31,40H,1-2H3. The monoisotopic (exact) mass is 832 g/mol. The number of allylic oxidation sites excluding steroid dienone is 4. The van der Waals surface area contributed by atoms with Crippen LogP contribution in [0.15, 0.2) is 176 Å². The molecule has 0 amide bonds. The van der Waals surface area contributed by atoms with E-state index in [1.54, 1.807) is 0 Å². The van der Waals surface area contributed by atoms with Crippen molar-refractivity contribution >= 4 is 50.5 Å². The minimum absolute atomic E-state index is 0.118. The number of benzene rings is 7. The van der Waals surface area contributed by atoms with Crippen LogP contribution in [0, 0.1) is 5.92 Å². The SMILES string of the molecule is CC1(C)c2ccccc2-c2ccc(N(c3ccccc3)c3ccc4c(c3)C3(c5ccccc5-4)c4ccccc4-c4cc5c(cc43)C(=O)C3C=CC=CC3=[Te]5)cc21. The molecule has 0 fully saturated rings. The van der Waals surface area contributed by atoms with Gasteiger partial charge in [-0.15, -0.1) is 0 Å². The van der Waals surface area contributed by atoms with Gasteiger partial charge in [-0.1, -0.05) is 44.2 Å². The van der Waals surface area contributed by atoms with Crippen molar-refractivity contribution in [2.45, 2.75) is 24.7 Å². The summed E-state index contributed by atoms with van der Waals surface area (Å²) in [6, 6.07) is 56.5. The number of hydrogen-bond acceptors (Lipinski definition) is 2. The molecule has 3 heteroatoms. The van der Waals surface area contributed by atoms with Crippen molar-refractivity contribution in [3.63, 3.8) is 0 Å². The van der Waals surface area contributed by atoms with E-state index < -0.39 is 25.9 Å². The first-order chi connectivity index (χ1) is 27.4. The number of ketones is 1. The van der Waals surface area contributed by atoms with E-state index in [4.69, 9.17) is 0 Å². The van der Waals surface area contributed by atoms with Crippen molar-refractivity contribution in [1.82, 2.24) is 0 Å². The van der Waals surface area contributed by atoms with Crippen molar-refractivity contribution in [3.05, 3.63) is 215 Å². The van der Waals surface area contributed by atoms with Crippen LogP contribution in [0.1, 0.15) is 57.6 Å². The zero-order valence-electron chi connectivity index (χ0n) is 31.1. The van der Waals surface area contributed by atoms with Gasteiger partial charge in [0.2, 0.25) is 0 Å². The molecular weight excluding hydrogens is 794 g/mol. The molecule has 1 radical (unpaired) electrons. The third kappa shape index (κ3) is 4.17. The molecule has 4 aliphatic carbocycles. The predicted molar refractivity (Wildman–Crippen MR) is 231 cm³/mol. The van der Waals surface area contributed by atoms with Gasteiger partial charge in [-0.25, -0.2) is 0 Å². The van der Waals surface area contributed by atoms with E-state index in [0.717, 1.165) is 22.6 Å². The van der Waals surface area contributed by atoms with Gasteiger partial charge in [0.05, 0.1) is 0 Å². The summed E-state index contributed by atoms with van der Waals surface area (Å²) >= 11 is -0.692. The van der Waals surface area contributed by atoms with Crippen LogP contribution in [0.3, 0.4) is 0 Å². The molecule has 0 saturated heterocycles. The van der Waals surface area contributed by atoms with Crippen LogP contribution in [0.25, 0.3) is 33.4 Å². The first kappa shape index (κ1) is 32.4. The summed E-state index contributed by atoms with van der Waals surface area (Å²) in [7, 11) is 0. The zero-order valence-corrected chi connectivity index (χ0v) is 33.4. The molecule has 2 nitrogen and oxygen atoms in total. The van der Waals surface area contributed by atoms with Crippen LogP contribution >= 0.6 is 0 Å². The number of rotatable bonds is 3. The molecule has 0 bridgehead atoms. The summed E-state index contributed by atoms with van der Waals surface area (Å²) in [4.78, 5) is 16.8. The van der Waals surface area contributed by atoms with Crippen LogP contribution in [0.4, 0.5) is 17.1 Å². The fourth-order valence-electron chi connectivity index (χ4n) is 10.6. The first-order valence-electron chi connectivity index (χ1n) is 19.5. The second-order valence-electron chi connectivity index (χ2n) is 16.1. The molecule has 2 unspecified atom stereocenters. The van der Waals surface area contributed by atoms with Crippen LogP contribution in [-0.4, -0.2) is 29.8 Å². The second kappa shape index (κ2) is 11.6. The second-order valence-corrected chi connectivity index (χ2v) is 19.3. The van der Waals surface area contributed by atoms with Crippen molar-refractivity contribution < 1.29 is 4.79 Å². The fraction of sp³-hybridized carbons (Fsp3) is 0.0943. The summed E-state index contributed by atoms with van der Waals surface area (Å²) < 4.78 is 2.58. The van der Waals surface area contributed by atoms with Gasteiger partial charge in [-0.05, 0) is 16.7 Å². The Hall–Kier alpha value is -5.85. The van der Waals surface area contributed by atoms with E-state index in [1.165, 1.54) is 73.9 Å². The summed E-state index contributed by atoms with van der Waals surface area (Å²) in [6.07, 6.45) is 8.43. The van der Waals surface area contributed by atoms with Gasteiger partial charge >= 0.3 is 273 Å². The first-order valence-corrected chi connectivity index (χ1v) is 21.8. The van der Waals surface area contributed by atoms with E-state index in [1.807, 2.05) is 6.08 Å². The Morgan fingerprint density at radius 3 is 1.75 bits per heavy atom. The number of para-hydroxylation sites is 1. The third-order valence-electron chi connectivity index (χ3n) is 13.0. The molecule has 1 aliphatic heterocycles. The van der Waals surface area contributed by atoms with Gasteiger partial charge in [0, 0.05) is 5.41 Å². The normalized spacial score (nSPS) is 19.3. The number of Topliss-reactive ketones (excluding diaryl/α,β-unsaturated/α-hetero) is 1. The minimum atomic E-state index is -0.692. The van der Waals surface area contributed by atoms with E-state index in [0.29, 0.717) is 0 Å². The van der Waals surface area contributed by atoms with Gasteiger partial charge in [0.1, 0.15) is 0 Å². The van der Waals surface area contributed by atoms with Crippen LogP contribution in [0.5, 0.6) is 0 Å². The summed E-state index contributed by atoms with van der Waals surface area (Å²) in [5, 5.41) is 0. The third-order valence-corrected chi connectivity index (χ3v) is 16.4. The topological polar surface area (TPSA) is 20.3 Å². The number of hydrogen-bond donors (Lipinski definition) is 0. The maximum absolute atomic E-state index is 14.4. The van der Waals surface area contributed by atoms with E-state index in [9.17, 15) is 4.79 Å². The van der Waals surface area contributed by atoms with Crippen LogP contribution < -0.4 is 8.51 Å². The Labute approximate surface area is 337 Å². The number of nitrogens with zero attached hydrogens (tertiary/aromatic N) is 1. The quantitative estimate of drug-likeness (QED) is 0.165. The van der Waals surface area contributed by atoms with Gasteiger partial charge in [0.15, 0.2) is 0 Å². The van der Waals surface area contributed by atoms with E-state index in [-0.39, 0.29) is 17.1 Å². The maximum atomic E-state index is 14.4. The Morgan fingerprint density at radius 2 is 1.04 bits per heavy atom.